The van der Waals surface area contributed by atoms with Crippen molar-refractivity contribution in [2.45, 2.75) is 129 Å². The van der Waals surface area contributed by atoms with Crippen LogP contribution < -0.4 is 4.57 Å². The number of thiazole rings is 1. The van der Waals surface area contributed by atoms with Gasteiger partial charge in [-0.25, -0.2) is 0 Å². The van der Waals surface area contributed by atoms with Crippen molar-refractivity contribution >= 4 is 11.3 Å². The lowest BCUT2D eigenvalue weighted by Crippen LogP contribution is -2.30. The Morgan fingerprint density at radius 1 is 0.871 bits per heavy atom. The van der Waals surface area contributed by atoms with Crippen LogP contribution in [0.25, 0.3) is 0 Å². The molecule has 0 bridgehead atoms. The number of ether oxygens (including phenoxy) is 3. The number of hydrogen-bond donors (Lipinski definition) is 0. The van der Waals surface area contributed by atoms with Crippen LogP contribution in [0, 0.1) is 0 Å². The lowest BCUT2D eigenvalue weighted by molar-refractivity contribution is -0.692. The van der Waals surface area contributed by atoms with Crippen LogP contribution in [0.4, 0.5) is 0 Å². The third-order valence-electron chi connectivity index (χ3n) is 6.14. The summed E-state index contributed by atoms with van der Waals surface area (Å²) in [4.78, 5) is 0. The second-order valence-corrected chi connectivity index (χ2v) is 9.85. The van der Waals surface area contributed by atoms with Crippen LogP contribution in [0.2, 0.25) is 0 Å². The molecule has 1 aliphatic rings. The van der Waals surface area contributed by atoms with E-state index in [1.165, 1.54) is 83.5 Å². The number of unbranched alkanes of at least 4 members (excludes halogenated alkanes) is 13. The minimum atomic E-state index is -0.00343. The Morgan fingerprint density at radius 2 is 1.55 bits per heavy atom. The second-order valence-electron chi connectivity index (χ2n) is 9.10. The summed E-state index contributed by atoms with van der Waals surface area (Å²) in [5.41, 5.74) is 2.15. The summed E-state index contributed by atoms with van der Waals surface area (Å²) in [7, 11) is 0. The highest BCUT2D eigenvalue weighted by Gasteiger charge is 2.25. The summed E-state index contributed by atoms with van der Waals surface area (Å²) in [6.07, 6.45) is 23.6. The minimum absolute atomic E-state index is 0.00343. The predicted molar refractivity (Wildman–Crippen MR) is 129 cm³/mol. The third kappa shape index (κ3) is 14.3. The zero-order valence-electron chi connectivity index (χ0n) is 20.1. The van der Waals surface area contributed by atoms with Crippen molar-refractivity contribution in [3.63, 3.8) is 0 Å². The van der Waals surface area contributed by atoms with Gasteiger partial charge in [0.2, 0.25) is 5.51 Å². The predicted octanol–water partition coefficient (Wildman–Crippen LogP) is 7.06. The topological polar surface area (TPSA) is 31.6 Å². The van der Waals surface area contributed by atoms with E-state index in [1.807, 2.05) is 0 Å². The van der Waals surface area contributed by atoms with Crippen molar-refractivity contribution in [1.82, 2.24) is 0 Å². The molecule has 31 heavy (non-hydrogen) atoms. The van der Waals surface area contributed by atoms with Gasteiger partial charge in [0, 0.05) is 13.0 Å². The van der Waals surface area contributed by atoms with Crippen LogP contribution in [0.15, 0.2) is 17.1 Å². The first kappa shape index (κ1) is 26.8. The van der Waals surface area contributed by atoms with Crippen molar-refractivity contribution in [3.05, 3.63) is 17.1 Å². The van der Waals surface area contributed by atoms with Crippen molar-refractivity contribution < 1.29 is 18.8 Å². The summed E-state index contributed by atoms with van der Waals surface area (Å²) < 4.78 is 19.8. The summed E-state index contributed by atoms with van der Waals surface area (Å²) in [6, 6.07) is 0. The Bertz CT molecular complexity index is 497. The van der Waals surface area contributed by atoms with E-state index in [0.717, 1.165) is 32.4 Å². The SMILES string of the molecule is CCCCCCCCCCCCCCC[C@H]1OC[C@H](COCCCC[n+]2ccsc2)O1. The van der Waals surface area contributed by atoms with Crippen LogP contribution >= 0.6 is 11.3 Å². The summed E-state index contributed by atoms with van der Waals surface area (Å²) in [6.45, 7) is 5.54. The highest BCUT2D eigenvalue weighted by atomic mass is 32.1. The maximum Gasteiger partial charge on any atom is 0.224 e. The third-order valence-corrected chi connectivity index (χ3v) is 6.81. The Balaban J connectivity index is 1.29. The van der Waals surface area contributed by atoms with E-state index in [1.54, 1.807) is 11.3 Å². The van der Waals surface area contributed by atoms with Gasteiger partial charge in [-0.2, -0.15) is 4.57 Å². The first-order valence-corrected chi connectivity index (χ1v) is 14.1. The van der Waals surface area contributed by atoms with E-state index in [-0.39, 0.29) is 12.4 Å². The van der Waals surface area contributed by atoms with E-state index >= 15 is 0 Å². The van der Waals surface area contributed by atoms with Crippen molar-refractivity contribution in [2.24, 2.45) is 0 Å². The molecule has 1 aromatic rings. The van der Waals surface area contributed by atoms with Gasteiger partial charge in [0.25, 0.3) is 0 Å². The fourth-order valence-corrected chi connectivity index (χ4v) is 4.81. The molecule has 0 saturated carbocycles. The van der Waals surface area contributed by atoms with Gasteiger partial charge in [-0.3, -0.25) is 0 Å². The average molecular weight is 455 g/mol. The molecule has 2 atom stereocenters. The molecule has 180 valence electrons. The maximum atomic E-state index is 5.98. The molecule has 0 N–H and O–H groups in total. The first-order valence-electron chi connectivity index (χ1n) is 13.1. The lowest BCUT2D eigenvalue weighted by Gasteiger charge is -2.11. The van der Waals surface area contributed by atoms with Gasteiger partial charge >= 0.3 is 0 Å². The normalized spacial score (nSPS) is 18.7. The number of aryl methyl sites for hydroxylation is 1. The van der Waals surface area contributed by atoms with E-state index in [4.69, 9.17) is 14.2 Å². The van der Waals surface area contributed by atoms with Crippen LogP contribution in [-0.4, -0.2) is 32.2 Å². The fraction of sp³-hybridized carbons (Fsp3) is 0.885. The molecule has 0 aliphatic carbocycles. The molecule has 1 aliphatic heterocycles. The molecule has 5 heteroatoms. The highest BCUT2D eigenvalue weighted by molar-refractivity contribution is 7.07. The lowest BCUT2D eigenvalue weighted by atomic mass is 10.0. The molecule has 0 radical (unpaired) electrons. The zero-order chi connectivity index (χ0) is 21.8. The van der Waals surface area contributed by atoms with E-state index in [9.17, 15) is 0 Å². The smallest absolute Gasteiger partial charge is 0.224 e. The average Bonchev–Trinajstić information content (AvgIpc) is 3.46. The van der Waals surface area contributed by atoms with Crippen LogP contribution in [0.5, 0.6) is 0 Å². The Kier molecular flexibility index (Phi) is 16.4. The highest BCUT2D eigenvalue weighted by Crippen LogP contribution is 2.19. The quantitative estimate of drug-likeness (QED) is 0.147. The van der Waals surface area contributed by atoms with Gasteiger partial charge < -0.3 is 14.2 Å². The Morgan fingerprint density at radius 3 is 2.19 bits per heavy atom. The second kappa shape index (κ2) is 19.0. The molecule has 2 heterocycles. The van der Waals surface area contributed by atoms with E-state index < -0.39 is 0 Å². The Hall–Kier alpha value is -0.490. The van der Waals surface area contributed by atoms with Crippen molar-refractivity contribution in [1.29, 1.82) is 0 Å². The van der Waals surface area contributed by atoms with Crippen molar-refractivity contribution in [2.75, 3.05) is 19.8 Å². The fourth-order valence-electron chi connectivity index (χ4n) is 4.18. The number of nitrogens with zero attached hydrogens (tertiary/aromatic N) is 1. The first-order chi connectivity index (χ1) is 15.4. The molecule has 2 rings (SSSR count). The van der Waals surface area contributed by atoms with Gasteiger partial charge in [-0.15, -0.1) is 0 Å². The zero-order valence-corrected chi connectivity index (χ0v) is 20.9. The van der Waals surface area contributed by atoms with E-state index in [0.29, 0.717) is 13.2 Å². The molecule has 1 saturated heterocycles. The van der Waals surface area contributed by atoms with Crippen LogP contribution in [0.1, 0.15) is 110 Å². The van der Waals surface area contributed by atoms with Gasteiger partial charge in [0.05, 0.1) is 18.6 Å². The summed E-state index contributed by atoms with van der Waals surface area (Å²) in [5, 5.41) is 2.11. The molecule has 4 nitrogen and oxygen atoms in total. The maximum absolute atomic E-state index is 5.98. The molecule has 1 aromatic heterocycles. The summed E-state index contributed by atoms with van der Waals surface area (Å²) >= 11 is 1.74. The van der Waals surface area contributed by atoms with Crippen molar-refractivity contribution in [3.8, 4) is 0 Å². The van der Waals surface area contributed by atoms with Gasteiger partial charge in [0.15, 0.2) is 12.5 Å². The van der Waals surface area contributed by atoms with Gasteiger partial charge in [-0.05, 0) is 19.3 Å². The molecular formula is C26H48NO3S+. The molecular weight excluding hydrogens is 406 g/mol. The largest absolute Gasteiger partial charge is 0.379 e. The monoisotopic (exact) mass is 454 g/mol. The molecule has 0 aromatic carbocycles. The number of hydrogen-bond acceptors (Lipinski definition) is 4. The summed E-state index contributed by atoms with van der Waals surface area (Å²) in [5.74, 6) is 0. The van der Waals surface area contributed by atoms with Gasteiger partial charge in [0.1, 0.15) is 12.6 Å². The molecule has 0 spiro atoms. The molecule has 0 amide bonds. The van der Waals surface area contributed by atoms with Crippen LogP contribution in [0.3, 0.4) is 0 Å². The van der Waals surface area contributed by atoms with Gasteiger partial charge in [-0.1, -0.05) is 95.3 Å². The Labute approximate surface area is 195 Å². The number of rotatable bonds is 21. The molecule has 1 fully saturated rings. The molecule has 0 unspecified atom stereocenters. The minimum Gasteiger partial charge on any atom is -0.379 e. The van der Waals surface area contributed by atoms with Crippen LogP contribution in [-0.2, 0) is 20.8 Å². The van der Waals surface area contributed by atoms with E-state index in [2.05, 4.69) is 28.6 Å². The number of aromatic nitrogens is 1. The standard InChI is InChI=1S/C26H48NO3S/c1-2-3-4-5-6-7-8-9-10-11-12-13-14-17-26-29-23-25(30-26)22-28-20-16-15-18-27-19-21-31-24-27/h19,21,24-26H,2-18,20,22-23H2,1H3/q+1/t25-,26-/m0/s1.